The van der Waals surface area contributed by atoms with Crippen molar-refractivity contribution < 1.29 is 50.5 Å². The number of hydrogen-bond donors (Lipinski definition) is 0. The molecular weight excluding hydrogens is 384 g/mol. The van der Waals surface area contributed by atoms with Crippen molar-refractivity contribution in [2.75, 3.05) is 0 Å². The molecular formula is C9H7IO3Ru. The predicted molar refractivity (Wildman–Crippen MR) is 39.3 cm³/mol. The fraction of sp³-hybridized carbons (Fsp3) is 0.111. The Balaban J connectivity index is 0.000000980. The molecule has 0 aliphatic heterocycles. The van der Waals surface area contributed by atoms with Crippen molar-refractivity contribution in [2.24, 2.45) is 0 Å². The van der Waals surface area contributed by atoms with Crippen molar-refractivity contribution in [2.45, 2.75) is 6.10 Å². The molecule has 0 aromatic heterocycles. The Hall–Kier alpha value is 0.193. The fourth-order valence-electron chi connectivity index (χ4n) is 1.37. The molecule has 2 rings (SSSR count). The Morgan fingerprint density at radius 2 is 1.93 bits per heavy atom. The van der Waals surface area contributed by atoms with E-state index in [0.717, 1.165) is 11.1 Å². The number of benzene rings is 1. The van der Waals surface area contributed by atoms with Crippen molar-refractivity contribution in [3.05, 3.63) is 41.5 Å². The summed E-state index contributed by atoms with van der Waals surface area (Å²) in [5.41, 5.74) is 1.96. The maximum Gasteiger partial charge on any atom is 0.507 e. The van der Waals surface area contributed by atoms with Gasteiger partial charge < -0.3 is 6.87 Å². The zero-order valence-corrected chi connectivity index (χ0v) is 10.9. The molecule has 5 heteroatoms. The van der Waals surface area contributed by atoms with E-state index in [2.05, 4.69) is 0 Å². The molecule has 0 heterocycles. The molecule has 1 unspecified atom stereocenters. The van der Waals surface area contributed by atoms with Gasteiger partial charge in [0.2, 0.25) is 0 Å². The van der Waals surface area contributed by atoms with E-state index in [1.165, 1.54) is 0 Å². The Morgan fingerprint density at radius 1 is 1.21 bits per heavy atom. The number of rotatable bonds is 2. The molecule has 1 aliphatic rings. The molecule has 1 aliphatic carbocycles. The van der Waals surface area contributed by atoms with Gasteiger partial charge in [0.15, 0.2) is 6.10 Å². The molecule has 0 radical (unpaired) electrons. The third-order valence-electron chi connectivity index (χ3n) is 1.92. The summed E-state index contributed by atoms with van der Waals surface area (Å²) >= 11 is -3.59. The first-order valence-electron chi connectivity index (χ1n) is 3.77. The second-order valence-electron chi connectivity index (χ2n) is 2.69. The maximum absolute atomic E-state index is 10.4. The summed E-state index contributed by atoms with van der Waals surface area (Å²) in [4.78, 5) is 0. The molecule has 3 nitrogen and oxygen atoms in total. The average Bonchev–Trinajstić information content (AvgIpc) is 2.48. The third-order valence-corrected chi connectivity index (χ3v) is 2.88. The van der Waals surface area contributed by atoms with E-state index >= 15 is 0 Å². The van der Waals surface area contributed by atoms with Crippen LogP contribution in [0.15, 0.2) is 30.3 Å². The molecule has 0 amide bonds. The zero-order chi connectivity index (χ0) is 9.26. The number of hydrogen-bond acceptors (Lipinski definition) is 3. The van der Waals surface area contributed by atoms with E-state index in [-0.39, 0.29) is 19.5 Å². The summed E-state index contributed by atoms with van der Waals surface area (Å²) in [7, 11) is 0. The predicted octanol–water partition coefficient (Wildman–Crippen LogP) is -3.14. The summed E-state index contributed by atoms with van der Waals surface area (Å²) in [6.45, 7) is 0. The molecule has 0 saturated heterocycles. The van der Waals surface area contributed by atoms with E-state index in [1.54, 1.807) is 6.08 Å². The number of halogens is 1. The molecule has 1 atom stereocenters. The van der Waals surface area contributed by atoms with Gasteiger partial charge in [-0.2, -0.15) is 0 Å². The van der Waals surface area contributed by atoms with Crippen molar-refractivity contribution in [3.8, 4) is 0 Å². The average molecular weight is 391 g/mol. The molecule has 76 valence electrons. The van der Waals surface area contributed by atoms with Crippen LogP contribution in [-0.2, 0) is 22.5 Å². The summed E-state index contributed by atoms with van der Waals surface area (Å²) in [6, 6.07) is 7.59. The van der Waals surface area contributed by atoms with Gasteiger partial charge in [-0.3, -0.25) is 0 Å². The van der Waals surface area contributed by atoms with Gasteiger partial charge in [0.05, 0.1) is 0 Å². The fourth-order valence-corrected chi connectivity index (χ4v) is 2.26. The molecule has 0 saturated carbocycles. The zero-order valence-electron chi connectivity index (χ0n) is 7.00. The summed E-state index contributed by atoms with van der Waals surface area (Å²) in [5, 5.41) is 0. The van der Waals surface area contributed by atoms with E-state index in [9.17, 15) is 6.87 Å². The molecule has 0 bridgehead atoms. The normalized spacial score (nSPS) is 18.1. The number of fused-ring (bicyclic) bond motifs is 1. The standard InChI is InChI=1S/C9H7IO3.Ru/c11-10(12)13-9-6-5-7-3-1-2-4-8(7)9;/h1-6,9H;. The quantitative estimate of drug-likeness (QED) is 0.396. The third kappa shape index (κ3) is 2.61. The smallest absolute Gasteiger partial charge is 0.396 e. The summed E-state index contributed by atoms with van der Waals surface area (Å²) in [5.74, 6) is 0. The Morgan fingerprint density at radius 3 is 2.64 bits per heavy atom. The van der Waals surface area contributed by atoms with Crippen molar-refractivity contribution in [1.82, 2.24) is 0 Å². The Labute approximate surface area is 104 Å². The van der Waals surface area contributed by atoms with Gasteiger partial charge in [-0.25, -0.2) is 0 Å². The van der Waals surface area contributed by atoms with E-state index < -0.39 is 27.2 Å². The van der Waals surface area contributed by atoms with Crippen molar-refractivity contribution in [3.63, 3.8) is 0 Å². The first-order chi connectivity index (χ1) is 6.27. The van der Waals surface area contributed by atoms with E-state index in [4.69, 9.17) is 3.07 Å². The van der Waals surface area contributed by atoms with E-state index in [1.807, 2.05) is 30.3 Å². The van der Waals surface area contributed by atoms with Crippen LogP contribution in [0, 0.1) is 0 Å². The van der Waals surface area contributed by atoms with E-state index in [0.29, 0.717) is 0 Å². The van der Waals surface area contributed by atoms with Gasteiger partial charge in [-0.1, -0.05) is 30.3 Å². The van der Waals surface area contributed by atoms with Crippen LogP contribution in [0.1, 0.15) is 17.2 Å². The molecule has 0 spiro atoms. The van der Waals surface area contributed by atoms with Crippen LogP contribution in [0.4, 0.5) is 0 Å². The van der Waals surface area contributed by atoms with Crippen LogP contribution in [0.25, 0.3) is 6.08 Å². The minimum absolute atomic E-state index is 0. The van der Waals surface area contributed by atoms with Crippen LogP contribution in [0.5, 0.6) is 0 Å². The summed E-state index contributed by atoms with van der Waals surface area (Å²) < 4.78 is 25.7. The monoisotopic (exact) mass is 392 g/mol. The van der Waals surface area contributed by atoms with Crippen LogP contribution in [0.3, 0.4) is 0 Å². The molecule has 0 fully saturated rings. The van der Waals surface area contributed by atoms with Gasteiger partial charge in [-0.05, 0) is 14.7 Å². The van der Waals surface area contributed by atoms with Gasteiger partial charge in [0, 0.05) is 25.0 Å². The van der Waals surface area contributed by atoms with Gasteiger partial charge in [-0.15, -0.1) is 0 Å². The Bertz CT molecular complexity index is 341. The van der Waals surface area contributed by atoms with Crippen molar-refractivity contribution in [1.29, 1.82) is 0 Å². The molecule has 1 aromatic rings. The topological polar surface area (TPSA) is 55.3 Å². The first-order valence-corrected chi connectivity index (χ1v) is 6.41. The molecule has 0 N–H and O–H groups in total. The minimum atomic E-state index is -3.59. The molecule has 14 heavy (non-hydrogen) atoms. The van der Waals surface area contributed by atoms with Gasteiger partial charge >= 0.3 is 21.1 Å². The van der Waals surface area contributed by atoms with Crippen LogP contribution < -0.4 is 27.9 Å². The SMILES string of the molecule is [O-][I+2]([O-])OC1C=Cc2ccccc21.[Ru]. The largest absolute Gasteiger partial charge is 0.507 e. The van der Waals surface area contributed by atoms with Gasteiger partial charge in [0.25, 0.3) is 0 Å². The van der Waals surface area contributed by atoms with Crippen molar-refractivity contribution >= 4 is 6.08 Å². The van der Waals surface area contributed by atoms with Crippen LogP contribution in [0.2, 0.25) is 0 Å². The second kappa shape index (κ2) is 5.32. The first kappa shape index (κ1) is 12.3. The van der Waals surface area contributed by atoms with Gasteiger partial charge in [0.1, 0.15) is 0 Å². The van der Waals surface area contributed by atoms with Crippen LogP contribution in [-0.4, -0.2) is 0 Å². The maximum atomic E-state index is 10.4. The van der Waals surface area contributed by atoms with Crippen LogP contribution >= 0.6 is 0 Å². The summed E-state index contributed by atoms with van der Waals surface area (Å²) in [6.07, 6.45) is 3.24. The Kier molecular flexibility index (Phi) is 4.66. The molecule has 1 aromatic carbocycles. The minimum Gasteiger partial charge on any atom is -0.396 e. The second-order valence-corrected chi connectivity index (χ2v) is 4.27.